The molecule has 1 aliphatic heterocycles. The lowest BCUT2D eigenvalue weighted by Gasteiger charge is -2.33. The summed E-state index contributed by atoms with van der Waals surface area (Å²) in [6.45, 7) is 1.31. The van der Waals surface area contributed by atoms with Gasteiger partial charge in [0.05, 0.1) is 19.8 Å². The molecule has 2 rings (SSSR count). The molecule has 20 heavy (non-hydrogen) atoms. The second-order valence-electron chi connectivity index (χ2n) is 4.61. The quantitative estimate of drug-likeness (QED) is 0.814. The summed E-state index contributed by atoms with van der Waals surface area (Å²) < 4.78 is 18.4. The van der Waals surface area contributed by atoms with Gasteiger partial charge in [-0.25, -0.2) is 4.39 Å². The lowest BCUT2D eigenvalue weighted by atomic mass is 10.1. The van der Waals surface area contributed by atoms with Crippen LogP contribution in [0.5, 0.6) is 0 Å². The van der Waals surface area contributed by atoms with Crippen LogP contribution in [0.3, 0.4) is 0 Å². The van der Waals surface area contributed by atoms with Gasteiger partial charge in [0, 0.05) is 19.2 Å². The Morgan fingerprint density at radius 1 is 1.50 bits per heavy atom. The Balaban J connectivity index is 2.07. The van der Waals surface area contributed by atoms with E-state index in [2.05, 4.69) is 5.32 Å². The number of ketones is 1. The fourth-order valence-corrected chi connectivity index (χ4v) is 2.17. The van der Waals surface area contributed by atoms with Crippen molar-refractivity contribution < 1.29 is 18.7 Å². The molecule has 1 aromatic rings. The number of amides is 1. The highest BCUT2D eigenvalue weighted by Gasteiger charge is 2.30. The maximum absolute atomic E-state index is 13.1. The van der Waals surface area contributed by atoms with Gasteiger partial charge in [-0.05, 0) is 12.1 Å². The van der Waals surface area contributed by atoms with Crippen LogP contribution in [0.1, 0.15) is 10.4 Å². The number of nitrogens with one attached hydrogen (secondary N) is 1. The highest BCUT2D eigenvalue weighted by Crippen LogP contribution is 2.10. The van der Waals surface area contributed by atoms with E-state index in [-0.39, 0.29) is 24.8 Å². The molecule has 1 heterocycles. The van der Waals surface area contributed by atoms with Crippen molar-refractivity contribution in [3.8, 4) is 0 Å². The van der Waals surface area contributed by atoms with Gasteiger partial charge in [0.15, 0.2) is 5.78 Å². The zero-order chi connectivity index (χ0) is 14.5. The summed E-state index contributed by atoms with van der Waals surface area (Å²) in [5.74, 6) is -0.835. The highest BCUT2D eigenvalue weighted by atomic mass is 19.1. The molecule has 1 unspecified atom stereocenters. The van der Waals surface area contributed by atoms with Crippen molar-refractivity contribution in [2.45, 2.75) is 6.04 Å². The minimum Gasteiger partial charge on any atom is -0.378 e. The largest absolute Gasteiger partial charge is 0.378 e. The fourth-order valence-electron chi connectivity index (χ4n) is 2.17. The number of benzene rings is 1. The van der Waals surface area contributed by atoms with Crippen LogP contribution in [0.25, 0.3) is 0 Å². The minimum absolute atomic E-state index is 0.0743. The molecule has 1 aromatic carbocycles. The van der Waals surface area contributed by atoms with E-state index < -0.39 is 11.9 Å². The number of nitrogens with zero attached hydrogens (tertiary/aromatic N) is 1. The van der Waals surface area contributed by atoms with Gasteiger partial charge < -0.3 is 10.1 Å². The summed E-state index contributed by atoms with van der Waals surface area (Å²) in [4.78, 5) is 25.6. The van der Waals surface area contributed by atoms with Crippen LogP contribution in [-0.2, 0) is 9.53 Å². The van der Waals surface area contributed by atoms with E-state index in [1.165, 1.54) is 18.2 Å². The third kappa shape index (κ3) is 3.40. The van der Waals surface area contributed by atoms with Crippen molar-refractivity contribution in [2.24, 2.45) is 0 Å². The smallest absolute Gasteiger partial charge is 0.239 e. The van der Waals surface area contributed by atoms with Gasteiger partial charge in [0.2, 0.25) is 5.91 Å². The van der Waals surface area contributed by atoms with Gasteiger partial charge in [-0.2, -0.15) is 0 Å². The van der Waals surface area contributed by atoms with E-state index in [4.69, 9.17) is 4.74 Å². The van der Waals surface area contributed by atoms with Crippen LogP contribution in [0.4, 0.5) is 4.39 Å². The van der Waals surface area contributed by atoms with E-state index in [0.717, 1.165) is 0 Å². The minimum atomic E-state index is -0.480. The van der Waals surface area contributed by atoms with Crippen LogP contribution in [0.15, 0.2) is 24.3 Å². The number of carbonyl (C=O) groups is 2. The maximum atomic E-state index is 13.1. The SMILES string of the molecule is CNC(=O)C1COCCN1CC(=O)c1cccc(F)c1. The zero-order valence-electron chi connectivity index (χ0n) is 11.3. The van der Waals surface area contributed by atoms with E-state index in [9.17, 15) is 14.0 Å². The van der Waals surface area contributed by atoms with Crippen molar-refractivity contribution in [3.63, 3.8) is 0 Å². The third-order valence-electron chi connectivity index (χ3n) is 3.28. The first-order valence-corrected chi connectivity index (χ1v) is 6.44. The average Bonchev–Trinajstić information content (AvgIpc) is 2.47. The number of hydrogen-bond acceptors (Lipinski definition) is 4. The second kappa shape index (κ2) is 6.58. The second-order valence-corrected chi connectivity index (χ2v) is 4.61. The molecule has 1 N–H and O–H groups in total. The topological polar surface area (TPSA) is 58.6 Å². The van der Waals surface area contributed by atoms with E-state index in [0.29, 0.717) is 18.7 Å². The molecule has 5 nitrogen and oxygen atoms in total. The summed E-state index contributed by atoms with van der Waals surface area (Å²) >= 11 is 0. The Hall–Kier alpha value is -1.79. The maximum Gasteiger partial charge on any atom is 0.239 e. The Labute approximate surface area is 116 Å². The summed E-state index contributed by atoms with van der Waals surface area (Å²) in [6, 6.07) is 5.08. The first-order chi connectivity index (χ1) is 9.61. The highest BCUT2D eigenvalue weighted by molar-refractivity contribution is 5.98. The normalized spacial score (nSPS) is 19.6. The van der Waals surface area contributed by atoms with E-state index in [1.807, 2.05) is 0 Å². The molecule has 0 radical (unpaired) electrons. The van der Waals surface area contributed by atoms with Gasteiger partial charge in [0.1, 0.15) is 11.9 Å². The molecular formula is C14H17FN2O3. The summed E-state index contributed by atoms with van der Waals surface area (Å²) in [6.07, 6.45) is 0. The van der Waals surface area contributed by atoms with Crippen LogP contribution < -0.4 is 5.32 Å². The van der Waals surface area contributed by atoms with Crippen molar-refractivity contribution in [2.75, 3.05) is 33.4 Å². The lowest BCUT2D eigenvalue weighted by Crippen LogP contribution is -2.54. The summed E-state index contributed by atoms with van der Waals surface area (Å²) in [7, 11) is 1.55. The average molecular weight is 280 g/mol. The monoisotopic (exact) mass is 280 g/mol. The summed E-state index contributed by atoms with van der Waals surface area (Å²) in [5, 5.41) is 2.55. The number of likely N-dealkylation sites (N-methyl/N-ethyl adjacent to an activating group) is 1. The number of morpholine rings is 1. The van der Waals surface area contributed by atoms with Gasteiger partial charge >= 0.3 is 0 Å². The molecule has 1 saturated heterocycles. The number of halogens is 1. The Bertz CT molecular complexity index is 507. The number of carbonyl (C=O) groups excluding carboxylic acids is 2. The molecule has 1 aliphatic rings. The van der Waals surface area contributed by atoms with Crippen molar-refractivity contribution in [1.29, 1.82) is 0 Å². The van der Waals surface area contributed by atoms with Gasteiger partial charge in [-0.1, -0.05) is 12.1 Å². The number of hydrogen-bond donors (Lipinski definition) is 1. The fraction of sp³-hybridized carbons (Fsp3) is 0.429. The van der Waals surface area contributed by atoms with E-state index >= 15 is 0 Å². The van der Waals surface area contributed by atoms with Crippen LogP contribution >= 0.6 is 0 Å². The summed E-state index contributed by atoms with van der Waals surface area (Å²) in [5.41, 5.74) is 0.312. The molecular weight excluding hydrogens is 263 g/mol. The Morgan fingerprint density at radius 2 is 2.30 bits per heavy atom. The molecule has 108 valence electrons. The van der Waals surface area contributed by atoms with Gasteiger partial charge in [0.25, 0.3) is 0 Å². The molecule has 0 aliphatic carbocycles. The lowest BCUT2D eigenvalue weighted by molar-refractivity contribution is -0.131. The van der Waals surface area contributed by atoms with Crippen molar-refractivity contribution in [1.82, 2.24) is 10.2 Å². The first kappa shape index (κ1) is 14.6. The molecule has 1 amide bonds. The number of ether oxygens (including phenoxy) is 1. The molecule has 0 bridgehead atoms. The number of rotatable bonds is 4. The van der Waals surface area contributed by atoms with Gasteiger partial charge in [-0.3, -0.25) is 14.5 Å². The zero-order valence-corrected chi connectivity index (χ0v) is 11.3. The predicted molar refractivity (Wildman–Crippen MR) is 71.0 cm³/mol. The Kier molecular flexibility index (Phi) is 4.81. The van der Waals surface area contributed by atoms with Crippen LogP contribution in [-0.4, -0.2) is 56.0 Å². The molecule has 0 saturated carbocycles. The number of Topliss-reactive ketones (excluding diaryl/α,β-unsaturated/α-hetero) is 1. The molecule has 6 heteroatoms. The predicted octanol–water partition coefficient (Wildman–Crippen LogP) is 0.455. The van der Waals surface area contributed by atoms with E-state index in [1.54, 1.807) is 18.0 Å². The molecule has 1 atom stereocenters. The van der Waals surface area contributed by atoms with Crippen molar-refractivity contribution >= 4 is 11.7 Å². The van der Waals surface area contributed by atoms with Crippen LogP contribution in [0.2, 0.25) is 0 Å². The molecule has 0 aromatic heterocycles. The van der Waals surface area contributed by atoms with Gasteiger partial charge in [-0.15, -0.1) is 0 Å². The Morgan fingerprint density at radius 3 is 3.00 bits per heavy atom. The third-order valence-corrected chi connectivity index (χ3v) is 3.28. The first-order valence-electron chi connectivity index (χ1n) is 6.44. The molecule has 0 spiro atoms. The van der Waals surface area contributed by atoms with Crippen LogP contribution in [0, 0.1) is 5.82 Å². The standard InChI is InChI=1S/C14H17FN2O3/c1-16-14(19)12-9-20-6-5-17(12)8-13(18)10-3-2-4-11(15)7-10/h2-4,7,12H,5-6,8-9H2,1H3,(H,16,19). The molecule has 1 fully saturated rings. The van der Waals surface area contributed by atoms with Crippen molar-refractivity contribution in [3.05, 3.63) is 35.6 Å².